The molecule has 0 spiro atoms. The Morgan fingerprint density at radius 2 is 1.83 bits per heavy atom. The summed E-state index contributed by atoms with van der Waals surface area (Å²) in [5.41, 5.74) is 2.56. The summed E-state index contributed by atoms with van der Waals surface area (Å²) in [7, 11) is -3.41. The van der Waals surface area contributed by atoms with Crippen molar-refractivity contribution in [3.05, 3.63) is 65.5 Å². The van der Waals surface area contributed by atoms with E-state index in [1.54, 1.807) is 19.1 Å². The van der Waals surface area contributed by atoms with E-state index >= 15 is 0 Å². The summed E-state index contributed by atoms with van der Waals surface area (Å²) in [6.07, 6.45) is 0. The van der Waals surface area contributed by atoms with Crippen molar-refractivity contribution < 1.29 is 12.8 Å². The van der Waals surface area contributed by atoms with Gasteiger partial charge in [-0.1, -0.05) is 30.3 Å². The van der Waals surface area contributed by atoms with Crippen molar-refractivity contribution >= 4 is 10.0 Å². The van der Waals surface area contributed by atoms with Gasteiger partial charge in [-0.25, -0.2) is 8.42 Å². The van der Waals surface area contributed by atoms with Crippen LogP contribution in [0.15, 0.2) is 57.8 Å². The molecule has 24 heavy (non-hydrogen) atoms. The summed E-state index contributed by atoms with van der Waals surface area (Å²) in [4.78, 5) is 0.406. The monoisotopic (exact) mass is 341 g/mol. The third-order valence-corrected chi connectivity index (χ3v) is 5.92. The summed E-state index contributed by atoms with van der Waals surface area (Å²) in [6.45, 7) is 2.48. The van der Waals surface area contributed by atoms with Gasteiger partial charge in [0, 0.05) is 25.6 Å². The standard InChI is InChI=1S/C17H15N3O3S/c1-12-18-19-17(23-12)14-8-6-13(7-9-14)10-20-11-15-4-2-3-5-16(15)24(20,21)22/h2-9H,10-11H2,1H3. The van der Waals surface area contributed by atoms with Crippen LogP contribution in [0.5, 0.6) is 0 Å². The third-order valence-electron chi connectivity index (χ3n) is 4.02. The zero-order valence-corrected chi connectivity index (χ0v) is 13.8. The second kappa shape index (κ2) is 5.54. The fourth-order valence-corrected chi connectivity index (χ4v) is 4.43. The van der Waals surface area contributed by atoms with Crippen molar-refractivity contribution in [1.29, 1.82) is 0 Å². The Bertz CT molecular complexity index is 994. The number of fused-ring (bicyclic) bond motifs is 1. The molecule has 1 aliphatic rings. The van der Waals surface area contributed by atoms with Crippen LogP contribution in [0.4, 0.5) is 0 Å². The third kappa shape index (κ3) is 2.51. The van der Waals surface area contributed by atoms with Crippen LogP contribution in [0.25, 0.3) is 11.5 Å². The van der Waals surface area contributed by atoms with Gasteiger partial charge in [0.25, 0.3) is 0 Å². The molecular formula is C17H15N3O3S. The van der Waals surface area contributed by atoms with Crippen molar-refractivity contribution in [3.63, 3.8) is 0 Å². The molecule has 0 bridgehead atoms. The summed E-state index contributed by atoms with van der Waals surface area (Å²) >= 11 is 0. The molecule has 4 rings (SSSR count). The van der Waals surface area contributed by atoms with Crippen LogP contribution in [0.1, 0.15) is 17.0 Å². The smallest absolute Gasteiger partial charge is 0.247 e. The van der Waals surface area contributed by atoms with Crippen molar-refractivity contribution in [2.24, 2.45) is 0 Å². The summed E-state index contributed by atoms with van der Waals surface area (Å²) in [6, 6.07) is 14.6. The Labute approximate surface area is 139 Å². The fraction of sp³-hybridized carbons (Fsp3) is 0.176. The molecule has 1 aromatic heterocycles. The van der Waals surface area contributed by atoms with E-state index in [1.165, 1.54) is 4.31 Å². The summed E-state index contributed by atoms with van der Waals surface area (Å²) in [5, 5.41) is 7.78. The minimum atomic E-state index is -3.41. The minimum Gasteiger partial charge on any atom is -0.421 e. The molecule has 0 amide bonds. The van der Waals surface area contributed by atoms with Gasteiger partial charge in [0.2, 0.25) is 21.8 Å². The maximum absolute atomic E-state index is 12.6. The molecule has 2 heterocycles. The lowest BCUT2D eigenvalue weighted by molar-refractivity contribution is 0.420. The van der Waals surface area contributed by atoms with Gasteiger partial charge < -0.3 is 4.42 Å². The lowest BCUT2D eigenvalue weighted by Crippen LogP contribution is -2.23. The number of aryl methyl sites for hydroxylation is 1. The largest absolute Gasteiger partial charge is 0.421 e. The first-order valence-electron chi connectivity index (χ1n) is 7.51. The van der Waals surface area contributed by atoms with Crippen molar-refractivity contribution in [2.75, 3.05) is 0 Å². The highest BCUT2D eigenvalue weighted by Crippen LogP contribution is 2.31. The number of hydrogen-bond acceptors (Lipinski definition) is 5. The summed E-state index contributed by atoms with van der Waals surface area (Å²) in [5.74, 6) is 0.968. The van der Waals surface area contributed by atoms with E-state index in [-0.39, 0.29) is 0 Å². The minimum absolute atomic E-state index is 0.333. The number of rotatable bonds is 3. The van der Waals surface area contributed by atoms with Gasteiger partial charge in [-0.15, -0.1) is 10.2 Å². The zero-order valence-electron chi connectivity index (χ0n) is 13.0. The normalized spacial score (nSPS) is 16.2. The Balaban J connectivity index is 1.57. The van der Waals surface area contributed by atoms with Crippen LogP contribution < -0.4 is 0 Å². The molecule has 0 saturated carbocycles. The Hall–Kier alpha value is -2.51. The zero-order chi connectivity index (χ0) is 16.7. The van der Waals surface area contributed by atoms with E-state index in [9.17, 15) is 8.42 Å². The number of sulfonamides is 1. The Morgan fingerprint density at radius 3 is 2.50 bits per heavy atom. The number of hydrogen-bond donors (Lipinski definition) is 0. The Kier molecular flexibility index (Phi) is 3.47. The van der Waals surface area contributed by atoms with Crippen LogP contribution in [0.3, 0.4) is 0 Å². The van der Waals surface area contributed by atoms with Crippen LogP contribution in [0, 0.1) is 6.92 Å². The van der Waals surface area contributed by atoms with E-state index in [2.05, 4.69) is 10.2 Å². The SMILES string of the molecule is Cc1nnc(-c2ccc(CN3Cc4ccccc4S3(=O)=O)cc2)o1. The van der Waals surface area contributed by atoms with Gasteiger partial charge in [-0.05, 0) is 29.3 Å². The van der Waals surface area contributed by atoms with Crippen LogP contribution in [0.2, 0.25) is 0 Å². The van der Waals surface area contributed by atoms with E-state index in [0.29, 0.717) is 29.8 Å². The lowest BCUT2D eigenvalue weighted by atomic mass is 10.1. The van der Waals surface area contributed by atoms with Gasteiger partial charge >= 0.3 is 0 Å². The molecule has 122 valence electrons. The number of aromatic nitrogens is 2. The highest BCUT2D eigenvalue weighted by molar-refractivity contribution is 7.89. The molecule has 0 unspecified atom stereocenters. The maximum Gasteiger partial charge on any atom is 0.247 e. The molecule has 0 atom stereocenters. The van der Waals surface area contributed by atoms with Gasteiger partial charge in [0.15, 0.2) is 0 Å². The lowest BCUT2D eigenvalue weighted by Gasteiger charge is -2.14. The molecule has 0 saturated heterocycles. The van der Waals surface area contributed by atoms with E-state index in [4.69, 9.17) is 4.42 Å². The molecule has 3 aromatic rings. The molecule has 0 N–H and O–H groups in total. The van der Waals surface area contributed by atoms with Crippen LogP contribution >= 0.6 is 0 Å². The number of nitrogens with zero attached hydrogens (tertiary/aromatic N) is 3. The van der Waals surface area contributed by atoms with Gasteiger partial charge in [-0.2, -0.15) is 4.31 Å². The molecule has 0 fully saturated rings. The van der Waals surface area contributed by atoms with E-state index in [0.717, 1.165) is 16.7 Å². The number of benzene rings is 2. The first-order valence-corrected chi connectivity index (χ1v) is 8.95. The molecular weight excluding hydrogens is 326 g/mol. The molecule has 7 heteroatoms. The first kappa shape index (κ1) is 15.0. The summed E-state index contributed by atoms with van der Waals surface area (Å²) < 4.78 is 32.0. The predicted octanol–water partition coefficient (Wildman–Crippen LogP) is 2.75. The topological polar surface area (TPSA) is 76.3 Å². The predicted molar refractivity (Wildman–Crippen MR) is 87.3 cm³/mol. The van der Waals surface area contributed by atoms with E-state index < -0.39 is 10.0 Å². The van der Waals surface area contributed by atoms with E-state index in [1.807, 2.05) is 36.4 Å². The average molecular weight is 341 g/mol. The highest BCUT2D eigenvalue weighted by Gasteiger charge is 2.33. The molecule has 6 nitrogen and oxygen atoms in total. The maximum atomic E-state index is 12.6. The quantitative estimate of drug-likeness (QED) is 0.732. The molecule has 1 aliphatic heterocycles. The second-order valence-electron chi connectivity index (χ2n) is 5.70. The van der Waals surface area contributed by atoms with Crippen molar-refractivity contribution in [2.45, 2.75) is 24.9 Å². The second-order valence-corrected chi connectivity index (χ2v) is 7.61. The van der Waals surface area contributed by atoms with Crippen molar-refractivity contribution in [3.8, 4) is 11.5 Å². The molecule has 2 aromatic carbocycles. The average Bonchev–Trinajstić information content (AvgIpc) is 3.11. The van der Waals surface area contributed by atoms with Crippen LogP contribution in [-0.2, 0) is 23.1 Å². The first-order chi connectivity index (χ1) is 11.5. The fourth-order valence-electron chi connectivity index (χ4n) is 2.81. The van der Waals surface area contributed by atoms with Crippen LogP contribution in [-0.4, -0.2) is 22.9 Å². The molecule has 0 aliphatic carbocycles. The van der Waals surface area contributed by atoms with Gasteiger partial charge in [-0.3, -0.25) is 0 Å². The molecule has 0 radical (unpaired) electrons. The van der Waals surface area contributed by atoms with Gasteiger partial charge in [0.05, 0.1) is 4.90 Å². The van der Waals surface area contributed by atoms with Gasteiger partial charge in [0.1, 0.15) is 0 Å². The van der Waals surface area contributed by atoms with Crippen molar-refractivity contribution in [1.82, 2.24) is 14.5 Å². The highest BCUT2D eigenvalue weighted by atomic mass is 32.2. The Morgan fingerprint density at radius 1 is 1.08 bits per heavy atom.